The highest BCUT2D eigenvalue weighted by molar-refractivity contribution is 7.33. The van der Waals surface area contributed by atoms with E-state index in [0.29, 0.717) is 13.1 Å². The third-order valence-corrected chi connectivity index (χ3v) is 1.80. The van der Waals surface area contributed by atoms with E-state index < -0.39 is 8.25 Å². The molecule has 0 saturated carbocycles. The molecule has 0 rings (SSSR count). The minimum atomic E-state index is -1.83. The molecular formula is C9H19NO5P+. The summed E-state index contributed by atoms with van der Waals surface area (Å²) < 4.78 is 18.3. The van der Waals surface area contributed by atoms with Crippen molar-refractivity contribution in [2.45, 2.75) is 0 Å². The number of aliphatic hydroxyl groups is 2. The Morgan fingerprint density at radius 3 is 1.62 bits per heavy atom. The van der Waals surface area contributed by atoms with Gasteiger partial charge in [0.15, 0.2) is 0 Å². The highest BCUT2D eigenvalue weighted by Crippen LogP contribution is 2.18. The third-order valence-electron chi connectivity index (χ3n) is 1.20. The van der Waals surface area contributed by atoms with Crippen LogP contribution in [0.25, 0.3) is 0 Å². The summed E-state index contributed by atoms with van der Waals surface area (Å²) in [5.74, 6) is 0.174. The standard InChI is InChI=1S/C7H13NO2.C2H6O3P/c1-6(9)4-8(3)5-7(2)10;1-4-6(3)5-2/h9-10H,1-2,4-5H2,3H3;1-2H3/q;+1. The van der Waals surface area contributed by atoms with Gasteiger partial charge in [-0.05, 0) is 7.05 Å². The second-order valence-corrected chi connectivity index (χ2v) is 4.07. The van der Waals surface area contributed by atoms with Crippen LogP contribution in [0.1, 0.15) is 0 Å². The minimum Gasteiger partial charge on any atom is -0.512 e. The smallest absolute Gasteiger partial charge is 0.512 e. The lowest BCUT2D eigenvalue weighted by Crippen LogP contribution is -2.22. The van der Waals surface area contributed by atoms with Crippen LogP contribution < -0.4 is 0 Å². The summed E-state index contributed by atoms with van der Waals surface area (Å²) >= 11 is 0. The van der Waals surface area contributed by atoms with Crippen LogP contribution in [0.15, 0.2) is 24.7 Å². The van der Waals surface area contributed by atoms with Gasteiger partial charge in [-0.25, -0.2) is 0 Å². The predicted molar refractivity (Wildman–Crippen MR) is 62.7 cm³/mol. The second-order valence-electron chi connectivity index (χ2n) is 2.89. The monoisotopic (exact) mass is 252 g/mol. The second kappa shape index (κ2) is 10.6. The maximum absolute atomic E-state index is 9.88. The van der Waals surface area contributed by atoms with Crippen LogP contribution in [0.3, 0.4) is 0 Å². The number of rotatable bonds is 6. The highest BCUT2D eigenvalue weighted by Gasteiger charge is 2.10. The van der Waals surface area contributed by atoms with Crippen molar-refractivity contribution < 1.29 is 23.8 Å². The maximum atomic E-state index is 9.88. The van der Waals surface area contributed by atoms with Crippen LogP contribution in [0.2, 0.25) is 0 Å². The molecule has 0 aliphatic carbocycles. The summed E-state index contributed by atoms with van der Waals surface area (Å²) in [7, 11) is 2.57. The number of nitrogens with zero attached hydrogens (tertiary/aromatic N) is 1. The highest BCUT2D eigenvalue weighted by atomic mass is 31.1. The van der Waals surface area contributed by atoms with Crippen molar-refractivity contribution in [1.82, 2.24) is 4.90 Å². The Balaban J connectivity index is 0. The Morgan fingerprint density at radius 2 is 1.50 bits per heavy atom. The first-order chi connectivity index (χ1) is 7.33. The molecule has 0 amide bonds. The quantitative estimate of drug-likeness (QED) is 0.556. The number of likely N-dealkylation sites (N-methyl/N-ethyl adjacent to an activating group) is 1. The van der Waals surface area contributed by atoms with Crippen LogP contribution in [0.5, 0.6) is 0 Å². The predicted octanol–water partition coefficient (Wildman–Crippen LogP) is 2.00. The molecule has 0 aliphatic rings. The van der Waals surface area contributed by atoms with Crippen molar-refractivity contribution in [2.75, 3.05) is 34.4 Å². The maximum Gasteiger partial charge on any atom is 0.696 e. The summed E-state index contributed by atoms with van der Waals surface area (Å²) in [5, 5.41) is 17.4. The van der Waals surface area contributed by atoms with Gasteiger partial charge in [-0.15, -0.1) is 9.05 Å². The minimum absolute atomic E-state index is 0.0868. The fourth-order valence-electron chi connectivity index (χ4n) is 0.754. The molecule has 0 radical (unpaired) electrons. The largest absolute Gasteiger partial charge is 0.696 e. The molecule has 0 unspecified atom stereocenters. The van der Waals surface area contributed by atoms with Gasteiger partial charge in [-0.1, -0.05) is 13.2 Å². The lowest BCUT2D eigenvalue weighted by atomic mass is 10.4. The van der Waals surface area contributed by atoms with Gasteiger partial charge in [0, 0.05) is 4.57 Å². The summed E-state index contributed by atoms with van der Waals surface area (Å²) in [6.07, 6.45) is 0. The fraction of sp³-hybridized carbons (Fsp3) is 0.556. The van der Waals surface area contributed by atoms with Crippen LogP contribution in [-0.4, -0.2) is 49.5 Å². The van der Waals surface area contributed by atoms with Gasteiger partial charge in [-0.2, -0.15) is 0 Å². The normalized spacial score (nSPS) is 9.25. The van der Waals surface area contributed by atoms with Crippen molar-refractivity contribution in [3.63, 3.8) is 0 Å². The van der Waals surface area contributed by atoms with E-state index in [1.165, 1.54) is 14.2 Å². The zero-order valence-corrected chi connectivity index (χ0v) is 10.7. The molecule has 16 heavy (non-hydrogen) atoms. The van der Waals surface area contributed by atoms with Crippen LogP contribution >= 0.6 is 8.25 Å². The number of hydrogen-bond acceptors (Lipinski definition) is 6. The van der Waals surface area contributed by atoms with Gasteiger partial charge in [0.25, 0.3) is 0 Å². The lowest BCUT2D eigenvalue weighted by molar-refractivity contribution is 0.269. The zero-order chi connectivity index (χ0) is 13.1. The molecular weight excluding hydrogens is 233 g/mol. The molecule has 0 spiro atoms. The van der Waals surface area contributed by atoms with Gasteiger partial charge < -0.3 is 10.2 Å². The van der Waals surface area contributed by atoms with E-state index in [0.717, 1.165) is 0 Å². The molecule has 0 fully saturated rings. The molecule has 0 aromatic carbocycles. The molecule has 0 aliphatic heterocycles. The zero-order valence-electron chi connectivity index (χ0n) is 9.84. The summed E-state index contributed by atoms with van der Waals surface area (Å²) in [5.41, 5.74) is 0. The molecule has 7 heteroatoms. The van der Waals surface area contributed by atoms with Gasteiger partial charge in [0.2, 0.25) is 0 Å². The van der Waals surface area contributed by atoms with Crippen molar-refractivity contribution in [2.24, 2.45) is 0 Å². The molecule has 0 aromatic rings. The summed E-state index contributed by atoms with van der Waals surface area (Å²) in [6, 6.07) is 0. The number of aliphatic hydroxyl groups excluding tert-OH is 2. The van der Waals surface area contributed by atoms with Crippen LogP contribution in [0, 0.1) is 0 Å². The van der Waals surface area contributed by atoms with Gasteiger partial charge in [0.05, 0.1) is 38.8 Å². The van der Waals surface area contributed by atoms with Crippen LogP contribution in [0.4, 0.5) is 0 Å². The summed E-state index contributed by atoms with van der Waals surface area (Å²) in [6.45, 7) is 7.33. The molecule has 6 nitrogen and oxygen atoms in total. The molecule has 0 atom stereocenters. The first-order valence-corrected chi connectivity index (χ1v) is 5.40. The fourth-order valence-corrected chi connectivity index (χ4v) is 0.903. The van der Waals surface area contributed by atoms with E-state index in [-0.39, 0.29) is 11.5 Å². The van der Waals surface area contributed by atoms with Crippen molar-refractivity contribution in [3.8, 4) is 0 Å². The van der Waals surface area contributed by atoms with Crippen molar-refractivity contribution >= 4 is 8.25 Å². The Labute approximate surface area is 96.7 Å². The Morgan fingerprint density at radius 1 is 1.19 bits per heavy atom. The SMILES string of the molecule is C=C(O)CN(C)CC(=C)O.CO[P+](=O)OC. The number of hydrogen-bond donors (Lipinski definition) is 2. The van der Waals surface area contributed by atoms with Crippen molar-refractivity contribution in [3.05, 3.63) is 24.7 Å². The van der Waals surface area contributed by atoms with Crippen molar-refractivity contribution in [1.29, 1.82) is 0 Å². The Hall–Kier alpha value is -0.940. The summed E-state index contributed by atoms with van der Waals surface area (Å²) in [4.78, 5) is 1.70. The van der Waals surface area contributed by atoms with E-state index in [2.05, 4.69) is 22.2 Å². The average molecular weight is 252 g/mol. The first-order valence-electron chi connectivity index (χ1n) is 4.31. The van der Waals surface area contributed by atoms with Crippen LogP contribution in [-0.2, 0) is 13.6 Å². The van der Waals surface area contributed by atoms with E-state index >= 15 is 0 Å². The topological polar surface area (TPSA) is 79.2 Å². The molecule has 0 bridgehead atoms. The van der Waals surface area contributed by atoms with E-state index in [4.69, 9.17) is 10.2 Å². The third kappa shape index (κ3) is 15.5. The van der Waals surface area contributed by atoms with E-state index in [9.17, 15) is 4.57 Å². The molecule has 2 N–H and O–H groups in total. The van der Waals surface area contributed by atoms with E-state index in [1.807, 2.05) is 0 Å². The molecule has 94 valence electrons. The molecule has 0 heterocycles. The van der Waals surface area contributed by atoms with Gasteiger partial charge in [-0.3, -0.25) is 4.90 Å². The van der Waals surface area contributed by atoms with Gasteiger partial charge in [0.1, 0.15) is 0 Å². The Kier molecular flexibility index (Phi) is 11.5. The Bertz CT molecular complexity index is 222. The lowest BCUT2D eigenvalue weighted by Gasteiger charge is -2.13. The first kappa shape index (κ1) is 17.5. The van der Waals surface area contributed by atoms with Gasteiger partial charge >= 0.3 is 8.25 Å². The average Bonchev–Trinajstić information content (AvgIpc) is 2.14. The molecule has 0 saturated heterocycles. The molecule has 0 aromatic heterocycles. The van der Waals surface area contributed by atoms with E-state index in [1.54, 1.807) is 11.9 Å².